The van der Waals surface area contributed by atoms with Gasteiger partial charge in [0.1, 0.15) is 11.5 Å². The minimum Gasteiger partial charge on any atom is -0.337 e. The van der Waals surface area contributed by atoms with E-state index in [9.17, 15) is 43.9 Å². The Kier molecular flexibility index (Phi) is 5.57. The Morgan fingerprint density at radius 1 is 1.06 bits per heavy atom. The third kappa shape index (κ3) is 4.83. The van der Waals surface area contributed by atoms with Crippen molar-refractivity contribution in [3.63, 3.8) is 0 Å². The second-order valence-electron chi connectivity index (χ2n) is 7.07. The number of halogens is 7. The zero-order valence-electron chi connectivity index (χ0n) is 15.6. The standard InChI is InChI=1S/C17H14F7N3O3S/c1-26-13(5-14(25-26)17(22,23)24)15(28)27-6-9(7-27)8-31(29,30)12-3-10(16(19,20)21)2-11(18)4-12/h2-5,9H,6-8H2,1H3. The zero-order valence-corrected chi connectivity index (χ0v) is 16.4. The molecule has 2 heterocycles. The predicted octanol–water partition coefficient (Wildman–Crippen LogP) is 3.14. The zero-order chi connectivity index (χ0) is 23.4. The van der Waals surface area contributed by atoms with Gasteiger partial charge in [-0.2, -0.15) is 31.4 Å². The van der Waals surface area contributed by atoms with Crippen LogP contribution >= 0.6 is 0 Å². The number of alkyl halides is 6. The highest BCUT2D eigenvalue weighted by atomic mass is 32.2. The summed E-state index contributed by atoms with van der Waals surface area (Å²) < 4.78 is 116. The number of benzene rings is 1. The lowest BCUT2D eigenvalue weighted by Crippen LogP contribution is -2.52. The van der Waals surface area contributed by atoms with Gasteiger partial charge < -0.3 is 4.90 Å². The molecule has 3 rings (SSSR count). The molecule has 1 amide bonds. The van der Waals surface area contributed by atoms with Gasteiger partial charge >= 0.3 is 12.4 Å². The molecule has 1 aromatic heterocycles. The van der Waals surface area contributed by atoms with E-state index in [1.54, 1.807) is 0 Å². The molecular weight excluding hydrogens is 459 g/mol. The smallest absolute Gasteiger partial charge is 0.337 e. The van der Waals surface area contributed by atoms with Crippen LogP contribution in [0.3, 0.4) is 0 Å². The van der Waals surface area contributed by atoms with Crippen molar-refractivity contribution in [2.75, 3.05) is 18.8 Å². The molecule has 0 bridgehead atoms. The van der Waals surface area contributed by atoms with Crippen molar-refractivity contribution in [1.82, 2.24) is 14.7 Å². The third-order valence-corrected chi connectivity index (χ3v) is 6.51. The second-order valence-corrected chi connectivity index (χ2v) is 9.10. The van der Waals surface area contributed by atoms with Crippen molar-refractivity contribution in [2.24, 2.45) is 13.0 Å². The van der Waals surface area contributed by atoms with Crippen LogP contribution in [0.1, 0.15) is 21.7 Å². The molecular formula is C17H14F7N3O3S. The molecule has 1 aliphatic heterocycles. The number of hydrogen-bond donors (Lipinski definition) is 0. The topological polar surface area (TPSA) is 72.3 Å². The van der Waals surface area contributed by atoms with Gasteiger partial charge in [-0.15, -0.1) is 0 Å². The van der Waals surface area contributed by atoms with Crippen LogP contribution in [0.15, 0.2) is 29.2 Å². The maximum Gasteiger partial charge on any atom is 0.435 e. The molecule has 0 N–H and O–H groups in total. The molecule has 0 saturated carbocycles. The van der Waals surface area contributed by atoms with Crippen LogP contribution in [-0.2, 0) is 29.2 Å². The minimum absolute atomic E-state index is 0.147. The van der Waals surface area contributed by atoms with Gasteiger partial charge in [0.05, 0.1) is 16.2 Å². The Labute approximate surface area is 171 Å². The summed E-state index contributed by atoms with van der Waals surface area (Å²) in [4.78, 5) is 12.6. The molecule has 0 spiro atoms. The number of aromatic nitrogens is 2. The largest absolute Gasteiger partial charge is 0.435 e. The van der Waals surface area contributed by atoms with E-state index in [0.29, 0.717) is 18.2 Å². The van der Waals surface area contributed by atoms with Crippen LogP contribution in [0.2, 0.25) is 0 Å². The van der Waals surface area contributed by atoms with Crippen molar-refractivity contribution >= 4 is 15.7 Å². The first kappa shape index (κ1) is 23.0. The summed E-state index contributed by atoms with van der Waals surface area (Å²) in [6.45, 7) is -0.294. The lowest BCUT2D eigenvalue weighted by Gasteiger charge is -2.39. The molecule has 1 aliphatic rings. The van der Waals surface area contributed by atoms with E-state index in [2.05, 4.69) is 5.10 Å². The van der Waals surface area contributed by atoms with Crippen molar-refractivity contribution in [2.45, 2.75) is 17.2 Å². The average molecular weight is 473 g/mol. The molecule has 14 heteroatoms. The van der Waals surface area contributed by atoms with Crippen LogP contribution < -0.4 is 0 Å². The summed E-state index contributed by atoms with van der Waals surface area (Å²) >= 11 is 0. The molecule has 1 saturated heterocycles. The monoisotopic (exact) mass is 473 g/mol. The summed E-state index contributed by atoms with van der Waals surface area (Å²) in [5, 5.41) is 3.22. The fraction of sp³-hybridized carbons (Fsp3) is 0.412. The fourth-order valence-corrected chi connectivity index (χ4v) is 4.74. The van der Waals surface area contributed by atoms with Crippen molar-refractivity contribution in [3.8, 4) is 0 Å². The Balaban J connectivity index is 1.69. The molecule has 2 aromatic rings. The number of amides is 1. The first-order valence-electron chi connectivity index (χ1n) is 8.59. The SMILES string of the molecule is Cn1nc(C(F)(F)F)cc1C(=O)N1CC(CS(=O)(=O)c2cc(F)cc(C(F)(F)F)c2)C1. The van der Waals surface area contributed by atoms with Gasteiger partial charge in [0.25, 0.3) is 5.91 Å². The summed E-state index contributed by atoms with van der Waals surface area (Å²) in [5.41, 5.74) is -3.06. The van der Waals surface area contributed by atoms with Crippen LogP contribution in [0, 0.1) is 11.7 Å². The Morgan fingerprint density at radius 2 is 1.68 bits per heavy atom. The highest BCUT2D eigenvalue weighted by molar-refractivity contribution is 7.91. The molecule has 0 radical (unpaired) electrons. The Hall–Kier alpha value is -2.64. The van der Waals surface area contributed by atoms with Crippen LogP contribution in [0.5, 0.6) is 0 Å². The van der Waals surface area contributed by atoms with E-state index in [0.717, 1.165) is 16.6 Å². The molecule has 1 fully saturated rings. The van der Waals surface area contributed by atoms with Crippen molar-refractivity contribution in [3.05, 3.63) is 47.0 Å². The Bertz CT molecular complexity index is 1120. The fourth-order valence-electron chi connectivity index (χ4n) is 3.12. The van der Waals surface area contributed by atoms with E-state index in [1.165, 1.54) is 0 Å². The van der Waals surface area contributed by atoms with Crippen LogP contribution in [0.25, 0.3) is 0 Å². The molecule has 170 valence electrons. The van der Waals surface area contributed by atoms with E-state index in [-0.39, 0.29) is 24.8 Å². The van der Waals surface area contributed by atoms with Gasteiger partial charge in [-0.25, -0.2) is 12.8 Å². The van der Waals surface area contributed by atoms with Crippen LogP contribution in [0.4, 0.5) is 30.7 Å². The quantitative estimate of drug-likeness (QED) is 0.640. The third-order valence-electron chi connectivity index (χ3n) is 4.65. The number of sulfone groups is 1. The number of rotatable bonds is 4. The molecule has 0 atom stereocenters. The number of nitrogens with zero attached hydrogens (tertiary/aromatic N) is 3. The molecule has 6 nitrogen and oxygen atoms in total. The average Bonchev–Trinajstić information content (AvgIpc) is 2.98. The van der Waals surface area contributed by atoms with E-state index in [4.69, 9.17) is 0 Å². The first-order valence-corrected chi connectivity index (χ1v) is 10.2. The van der Waals surface area contributed by atoms with Gasteiger partial charge in [-0.1, -0.05) is 0 Å². The van der Waals surface area contributed by atoms with E-state index in [1.807, 2.05) is 0 Å². The predicted molar refractivity (Wildman–Crippen MR) is 91.1 cm³/mol. The maximum atomic E-state index is 13.5. The lowest BCUT2D eigenvalue weighted by molar-refractivity contribution is -0.141. The lowest BCUT2D eigenvalue weighted by atomic mass is 10.0. The van der Waals surface area contributed by atoms with Crippen LogP contribution in [-0.4, -0.2) is 47.8 Å². The number of hydrogen-bond acceptors (Lipinski definition) is 4. The van der Waals surface area contributed by atoms with Gasteiger partial charge in [0, 0.05) is 32.1 Å². The Morgan fingerprint density at radius 3 is 2.19 bits per heavy atom. The summed E-state index contributed by atoms with van der Waals surface area (Å²) in [5.74, 6) is -3.50. The molecule has 31 heavy (non-hydrogen) atoms. The molecule has 1 aromatic carbocycles. The maximum absolute atomic E-state index is 13.5. The summed E-state index contributed by atoms with van der Waals surface area (Å²) in [6.07, 6.45) is -9.69. The number of likely N-dealkylation sites (tertiary alicyclic amines) is 1. The highest BCUT2D eigenvalue weighted by Crippen LogP contribution is 2.33. The summed E-state index contributed by atoms with van der Waals surface area (Å²) in [6, 6.07) is 1.54. The molecule has 0 unspecified atom stereocenters. The van der Waals surface area contributed by atoms with Gasteiger partial charge in [0.15, 0.2) is 15.5 Å². The van der Waals surface area contributed by atoms with E-state index < -0.39 is 61.7 Å². The summed E-state index contributed by atoms with van der Waals surface area (Å²) in [7, 11) is -3.16. The highest BCUT2D eigenvalue weighted by Gasteiger charge is 2.40. The number of carbonyl (C=O) groups is 1. The van der Waals surface area contributed by atoms with E-state index >= 15 is 0 Å². The van der Waals surface area contributed by atoms with Gasteiger partial charge in [-0.3, -0.25) is 9.48 Å². The second kappa shape index (κ2) is 7.50. The number of carbonyl (C=O) groups excluding carboxylic acids is 1. The normalized spacial score (nSPS) is 15.8. The van der Waals surface area contributed by atoms with Crippen molar-refractivity contribution in [1.29, 1.82) is 0 Å². The first-order chi connectivity index (χ1) is 14.1. The van der Waals surface area contributed by atoms with Gasteiger partial charge in [-0.05, 0) is 18.2 Å². The molecule has 0 aliphatic carbocycles. The van der Waals surface area contributed by atoms with Crippen molar-refractivity contribution < 1.29 is 43.9 Å². The minimum atomic E-state index is -4.94. The number of aryl methyl sites for hydroxylation is 1. The van der Waals surface area contributed by atoms with Gasteiger partial charge in [0.2, 0.25) is 0 Å².